The molecule has 6 nitrogen and oxygen atoms in total. The van der Waals surface area contributed by atoms with Gasteiger partial charge < -0.3 is 5.73 Å². The van der Waals surface area contributed by atoms with Crippen molar-refractivity contribution in [2.45, 2.75) is 10.2 Å². The van der Waals surface area contributed by atoms with Crippen LogP contribution in [0.1, 0.15) is 0 Å². The van der Waals surface area contributed by atoms with Crippen LogP contribution in [0, 0.1) is 0 Å². The molecule has 0 bridgehead atoms. The number of nitrogen functional groups attached to an aromatic ring is 1. The lowest BCUT2D eigenvalue weighted by Gasteiger charge is -2.04. The number of rotatable bonds is 2. The van der Waals surface area contributed by atoms with Crippen LogP contribution in [0.2, 0.25) is 10.0 Å². The van der Waals surface area contributed by atoms with Crippen molar-refractivity contribution in [2.75, 3.05) is 5.73 Å². The highest BCUT2D eigenvalue weighted by atomic mass is 35.5. The van der Waals surface area contributed by atoms with Crippen LogP contribution in [0.15, 0.2) is 21.0 Å². The molecule has 2 aromatic heterocycles. The first-order chi connectivity index (χ1) is 7.99. The third kappa shape index (κ3) is 2.41. The quantitative estimate of drug-likeness (QED) is 0.876. The third-order valence-corrected chi connectivity index (χ3v) is 3.71. The number of hydrogen-bond donors (Lipinski definition) is 2. The Morgan fingerprint density at radius 2 is 2.18 bits per heavy atom. The van der Waals surface area contributed by atoms with E-state index in [2.05, 4.69) is 15.2 Å². The number of anilines is 1. The molecule has 0 atom stereocenters. The summed E-state index contributed by atoms with van der Waals surface area (Å²) < 4.78 is 1.34. The average Bonchev–Trinajstić information content (AvgIpc) is 2.58. The van der Waals surface area contributed by atoms with Gasteiger partial charge in [0.15, 0.2) is 5.16 Å². The third-order valence-electron chi connectivity index (χ3n) is 1.95. The summed E-state index contributed by atoms with van der Waals surface area (Å²) in [6, 6.07) is 1.50. The first-order valence-corrected chi connectivity index (χ1v) is 5.97. The Morgan fingerprint density at radius 1 is 1.47 bits per heavy atom. The van der Waals surface area contributed by atoms with E-state index in [0.29, 0.717) is 15.2 Å². The molecule has 2 heterocycles. The van der Waals surface area contributed by atoms with Crippen LogP contribution >= 0.6 is 35.0 Å². The Bertz CT molecular complexity index is 623. The van der Waals surface area contributed by atoms with E-state index in [9.17, 15) is 4.79 Å². The van der Waals surface area contributed by atoms with E-state index in [1.807, 2.05) is 0 Å². The fraction of sp³-hybridized carbons (Fsp3) is 0.125. The zero-order valence-electron chi connectivity index (χ0n) is 8.57. The standard InChI is InChI=1S/C8H7Cl2N5OS/c1-15-7(16)13-14-8(15)17-6-4(10)2-3(9)5(11)12-6/h2H,1H3,(H2,11,12)(H,13,16). The van der Waals surface area contributed by atoms with Gasteiger partial charge in [0.2, 0.25) is 0 Å². The van der Waals surface area contributed by atoms with Crippen molar-refractivity contribution >= 4 is 40.8 Å². The van der Waals surface area contributed by atoms with Gasteiger partial charge in [0.05, 0.1) is 10.0 Å². The molecular formula is C8H7Cl2N5OS. The lowest BCUT2D eigenvalue weighted by Crippen LogP contribution is -2.12. The normalized spacial score (nSPS) is 10.8. The molecule has 0 amide bonds. The predicted octanol–water partition coefficient (Wildman–Crippen LogP) is 1.54. The Hall–Kier alpha value is -1.18. The van der Waals surface area contributed by atoms with Crippen molar-refractivity contribution < 1.29 is 0 Å². The number of halogens is 2. The van der Waals surface area contributed by atoms with Gasteiger partial charge in [-0.15, -0.1) is 5.10 Å². The number of pyridine rings is 1. The minimum absolute atomic E-state index is 0.180. The lowest BCUT2D eigenvalue weighted by molar-refractivity contribution is 0.765. The van der Waals surface area contributed by atoms with Crippen molar-refractivity contribution in [2.24, 2.45) is 7.05 Å². The van der Waals surface area contributed by atoms with Crippen molar-refractivity contribution in [3.05, 3.63) is 26.6 Å². The van der Waals surface area contributed by atoms with Crippen LogP contribution in [0.25, 0.3) is 0 Å². The molecule has 0 aliphatic rings. The largest absolute Gasteiger partial charge is 0.382 e. The molecule has 0 aliphatic carbocycles. The minimum atomic E-state index is -0.314. The molecule has 0 spiro atoms. The number of hydrogen-bond acceptors (Lipinski definition) is 5. The van der Waals surface area contributed by atoms with Gasteiger partial charge in [-0.1, -0.05) is 23.2 Å². The second kappa shape index (κ2) is 4.59. The number of aromatic nitrogens is 4. The van der Waals surface area contributed by atoms with Gasteiger partial charge >= 0.3 is 5.69 Å². The van der Waals surface area contributed by atoms with Gasteiger partial charge in [0.25, 0.3) is 0 Å². The molecule has 0 saturated heterocycles. The van der Waals surface area contributed by atoms with E-state index in [-0.39, 0.29) is 16.5 Å². The monoisotopic (exact) mass is 291 g/mol. The van der Waals surface area contributed by atoms with Crippen molar-refractivity contribution in [1.29, 1.82) is 0 Å². The summed E-state index contributed by atoms with van der Waals surface area (Å²) in [6.07, 6.45) is 0. The number of H-pyrrole nitrogens is 1. The number of nitrogens with one attached hydrogen (secondary N) is 1. The number of nitrogens with two attached hydrogens (primary N) is 1. The molecule has 17 heavy (non-hydrogen) atoms. The highest BCUT2D eigenvalue weighted by molar-refractivity contribution is 7.99. The average molecular weight is 292 g/mol. The molecular weight excluding hydrogens is 285 g/mol. The van der Waals surface area contributed by atoms with Gasteiger partial charge in [0.1, 0.15) is 10.8 Å². The molecule has 3 N–H and O–H groups in total. The van der Waals surface area contributed by atoms with E-state index < -0.39 is 0 Å². The van der Waals surface area contributed by atoms with Gasteiger partial charge in [0, 0.05) is 7.05 Å². The molecule has 90 valence electrons. The Morgan fingerprint density at radius 3 is 2.76 bits per heavy atom. The number of aromatic amines is 1. The molecule has 9 heteroatoms. The second-order valence-electron chi connectivity index (χ2n) is 3.11. The zero-order chi connectivity index (χ0) is 12.6. The lowest BCUT2D eigenvalue weighted by atomic mass is 10.5. The highest BCUT2D eigenvalue weighted by Crippen LogP contribution is 2.33. The molecule has 0 saturated carbocycles. The van der Waals surface area contributed by atoms with Gasteiger partial charge in [-0.3, -0.25) is 4.57 Å². The first kappa shape index (κ1) is 12.3. The summed E-state index contributed by atoms with van der Waals surface area (Å²) in [5.41, 5.74) is 5.26. The molecule has 2 rings (SSSR count). The summed E-state index contributed by atoms with van der Waals surface area (Å²) in [7, 11) is 1.58. The maximum atomic E-state index is 11.2. The van der Waals surface area contributed by atoms with Crippen LogP contribution < -0.4 is 11.4 Å². The van der Waals surface area contributed by atoms with Crippen LogP contribution in [0.5, 0.6) is 0 Å². The maximum absolute atomic E-state index is 11.2. The summed E-state index contributed by atoms with van der Waals surface area (Å²) in [6.45, 7) is 0. The molecule has 0 unspecified atom stereocenters. The van der Waals surface area contributed by atoms with E-state index in [1.54, 1.807) is 7.05 Å². The minimum Gasteiger partial charge on any atom is -0.382 e. The van der Waals surface area contributed by atoms with Crippen LogP contribution in [-0.4, -0.2) is 19.7 Å². The fourth-order valence-electron chi connectivity index (χ4n) is 1.04. The van der Waals surface area contributed by atoms with Gasteiger partial charge in [-0.2, -0.15) is 0 Å². The Labute approximate surface area is 110 Å². The summed E-state index contributed by atoms with van der Waals surface area (Å²) in [5.74, 6) is 0.180. The van der Waals surface area contributed by atoms with Crippen molar-refractivity contribution in [3.63, 3.8) is 0 Å². The van der Waals surface area contributed by atoms with Crippen LogP contribution in [0.4, 0.5) is 5.82 Å². The van der Waals surface area contributed by atoms with E-state index >= 15 is 0 Å². The van der Waals surface area contributed by atoms with E-state index in [4.69, 9.17) is 28.9 Å². The summed E-state index contributed by atoms with van der Waals surface area (Å²) >= 11 is 12.9. The Kier molecular flexibility index (Phi) is 3.32. The van der Waals surface area contributed by atoms with E-state index in [0.717, 1.165) is 11.8 Å². The van der Waals surface area contributed by atoms with Crippen molar-refractivity contribution in [1.82, 2.24) is 19.7 Å². The SMILES string of the molecule is Cn1c(Sc2nc(N)c(Cl)cc2Cl)n[nH]c1=O. The molecule has 2 aromatic rings. The Balaban J connectivity index is 2.40. The highest BCUT2D eigenvalue weighted by Gasteiger charge is 2.12. The summed E-state index contributed by atoms with van der Waals surface area (Å²) in [4.78, 5) is 15.2. The fourth-order valence-corrected chi connectivity index (χ4v) is 2.30. The molecule has 0 aliphatic heterocycles. The molecule has 0 fully saturated rings. The van der Waals surface area contributed by atoms with Crippen molar-refractivity contribution in [3.8, 4) is 0 Å². The first-order valence-electron chi connectivity index (χ1n) is 4.40. The number of nitrogens with zero attached hydrogens (tertiary/aromatic N) is 3. The predicted molar refractivity (Wildman–Crippen MR) is 66.6 cm³/mol. The molecule has 0 aromatic carbocycles. The second-order valence-corrected chi connectivity index (χ2v) is 4.89. The zero-order valence-corrected chi connectivity index (χ0v) is 10.9. The maximum Gasteiger partial charge on any atom is 0.343 e. The molecule has 0 radical (unpaired) electrons. The van der Waals surface area contributed by atoms with Gasteiger partial charge in [-0.05, 0) is 17.8 Å². The van der Waals surface area contributed by atoms with Gasteiger partial charge in [-0.25, -0.2) is 14.9 Å². The summed E-state index contributed by atoms with van der Waals surface area (Å²) in [5, 5.41) is 7.65. The van der Waals surface area contributed by atoms with Crippen LogP contribution in [0.3, 0.4) is 0 Å². The van der Waals surface area contributed by atoms with Crippen LogP contribution in [-0.2, 0) is 7.05 Å². The smallest absolute Gasteiger partial charge is 0.343 e. The topological polar surface area (TPSA) is 89.6 Å². The van der Waals surface area contributed by atoms with E-state index in [1.165, 1.54) is 10.6 Å².